The van der Waals surface area contributed by atoms with E-state index in [-0.39, 0.29) is 11.8 Å². The first kappa shape index (κ1) is 17.8. The van der Waals surface area contributed by atoms with Crippen LogP contribution in [0.3, 0.4) is 0 Å². The number of hydrogen-bond acceptors (Lipinski definition) is 5. The van der Waals surface area contributed by atoms with Crippen LogP contribution in [0.4, 0.5) is 0 Å². The number of aryl methyl sites for hydroxylation is 1. The third-order valence-corrected chi connectivity index (χ3v) is 4.47. The lowest BCUT2D eigenvalue weighted by Gasteiger charge is -2.35. The van der Waals surface area contributed by atoms with Crippen molar-refractivity contribution in [3.8, 4) is 5.75 Å². The lowest BCUT2D eigenvalue weighted by atomic mass is 10.1. The van der Waals surface area contributed by atoms with Gasteiger partial charge in [0.2, 0.25) is 5.91 Å². The minimum absolute atomic E-state index is 0.0145. The van der Waals surface area contributed by atoms with E-state index in [2.05, 4.69) is 9.97 Å². The first-order chi connectivity index (χ1) is 12.7. The molecule has 0 unspecified atom stereocenters. The van der Waals surface area contributed by atoms with Crippen molar-refractivity contribution in [1.82, 2.24) is 19.8 Å². The zero-order valence-electron chi connectivity index (χ0n) is 14.8. The standard InChI is InChI=1S/C19H22N4O3/c1-26-17-5-2-15(3-6-17)19(25)23-12-10-22(11-13-23)18(24)7-4-16-14-20-8-9-21-16/h2-3,5-6,8-9,14H,4,7,10-13H2,1H3. The summed E-state index contributed by atoms with van der Waals surface area (Å²) in [6.45, 7) is 2.20. The summed E-state index contributed by atoms with van der Waals surface area (Å²) in [6.07, 6.45) is 5.91. The van der Waals surface area contributed by atoms with Crippen LogP contribution in [0, 0.1) is 0 Å². The smallest absolute Gasteiger partial charge is 0.253 e. The second kappa shape index (κ2) is 8.42. The number of aromatic nitrogens is 2. The quantitative estimate of drug-likeness (QED) is 0.811. The summed E-state index contributed by atoms with van der Waals surface area (Å²) in [4.78, 5) is 36.7. The van der Waals surface area contributed by atoms with Crippen molar-refractivity contribution in [2.75, 3.05) is 33.3 Å². The van der Waals surface area contributed by atoms with Gasteiger partial charge >= 0.3 is 0 Å². The van der Waals surface area contributed by atoms with Gasteiger partial charge in [0, 0.05) is 56.8 Å². The van der Waals surface area contributed by atoms with Gasteiger partial charge in [0.05, 0.1) is 12.8 Å². The molecule has 136 valence electrons. The first-order valence-electron chi connectivity index (χ1n) is 8.63. The molecule has 2 aromatic rings. The van der Waals surface area contributed by atoms with E-state index in [1.54, 1.807) is 54.9 Å². The maximum atomic E-state index is 12.6. The van der Waals surface area contributed by atoms with E-state index in [0.717, 1.165) is 11.4 Å². The van der Waals surface area contributed by atoms with Crippen LogP contribution in [-0.4, -0.2) is 64.9 Å². The summed E-state index contributed by atoms with van der Waals surface area (Å²) in [5, 5.41) is 0. The van der Waals surface area contributed by atoms with E-state index >= 15 is 0 Å². The highest BCUT2D eigenvalue weighted by atomic mass is 16.5. The Morgan fingerprint density at radius 1 is 1.04 bits per heavy atom. The van der Waals surface area contributed by atoms with E-state index in [0.29, 0.717) is 44.6 Å². The van der Waals surface area contributed by atoms with Gasteiger partial charge in [-0.05, 0) is 30.7 Å². The minimum Gasteiger partial charge on any atom is -0.497 e. The first-order valence-corrected chi connectivity index (χ1v) is 8.63. The normalized spacial score (nSPS) is 14.2. The summed E-state index contributed by atoms with van der Waals surface area (Å²) >= 11 is 0. The van der Waals surface area contributed by atoms with Gasteiger partial charge in [0.1, 0.15) is 5.75 Å². The molecule has 0 radical (unpaired) electrons. The van der Waals surface area contributed by atoms with Gasteiger partial charge in [-0.3, -0.25) is 19.6 Å². The van der Waals surface area contributed by atoms with Crippen molar-refractivity contribution in [2.45, 2.75) is 12.8 Å². The molecule has 0 spiro atoms. The molecule has 1 fully saturated rings. The zero-order chi connectivity index (χ0) is 18.4. The van der Waals surface area contributed by atoms with Crippen molar-refractivity contribution in [2.24, 2.45) is 0 Å². The van der Waals surface area contributed by atoms with Crippen molar-refractivity contribution in [3.05, 3.63) is 54.1 Å². The predicted octanol–water partition coefficient (Wildman–Crippen LogP) is 1.40. The molecule has 1 aliphatic heterocycles. The molecule has 1 aromatic heterocycles. The van der Waals surface area contributed by atoms with Gasteiger partial charge in [-0.25, -0.2) is 0 Å². The molecule has 0 saturated carbocycles. The number of carbonyl (C=O) groups is 2. The third kappa shape index (κ3) is 4.36. The molecule has 7 heteroatoms. The number of nitrogens with zero attached hydrogens (tertiary/aromatic N) is 4. The number of piperazine rings is 1. The Morgan fingerprint density at radius 2 is 1.73 bits per heavy atom. The lowest BCUT2D eigenvalue weighted by molar-refractivity contribution is -0.132. The second-order valence-electron chi connectivity index (χ2n) is 6.10. The van der Waals surface area contributed by atoms with Crippen molar-refractivity contribution in [1.29, 1.82) is 0 Å². The Bertz CT molecular complexity index is 741. The van der Waals surface area contributed by atoms with Crippen LogP contribution in [0.15, 0.2) is 42.9 Å². The maximum absolute atomic E-state index is 12.6. The van der Waals surface area contributed by atoms with Crippen LogP contribution in [0.25, 0.3) is 0 Å². The van der Waals surface area contributed by atoms with Crippen LogP contribution in [-0.2, 0) is 11.2 Å². The number of hydrogen-bond donors (Lipinski definition) is 0. The van der Waals surface area contributed by atoms with E-state index in [4.69, 9.17) is 4.74 Å². The summed E-state index contributed by atoms with van der Waals surface area (Å²) in [5.74, 6) is 0.798. The summed E-state index contributed by atoms with van der Waals surface area (Å²) < 4.78 is 5.11. The second-order valence-corrected chi connectivity index (χ2v) is 6.10. The fourth-order valence-electron chi connectivity index (χ4n) is 2.93. The molecule has 7 nitrogen and oxygen atoms in total. The number of benzene rings is 1. The molecule has 1 aliphatic rings. The molecule has 26 heavy (non-hydrogen) atoms. The van der Waals surface area contributed by atoms with Gasteiger partial charge in [0.15, 0.2) is 0 Å². The van der Waals surface area contributed by atoms with Gasteiger partial charge in [-0.15, -0.1) is 0 Å². The average Bonchev–Trinajstić information content (AvgIpc) is 2.72. The third-order valence-electron chi connectivity index (χ3n) is 4.47. The largest absolute Gasteiger partial charge is 0.497 e. The number of ether oxygens (including phenoxy) is 1. The van der Waals surface area contributed by atoms with Crippen molar-refractivity contribution < 1.29 is 14.3 Å². The molecule has 0 bridgehead atoms. The Hall–Kier alpha value is -2.96. The number of carbonyl (C=O) groups excluding carboxylic acids is 2. The van der Waals surface area contributed by atoms with Crippen LogP contribution < -0.4 is 4.74 Å². The van der Waals surface area contributed by atoms with Gasteiger partial charge < -0.3 is 14.5 Å². The minimum atomic E-state index is -0.0145. The summed E-state index contributed by atoms with van der Waals surface area (Å²) in [7, 11) is 1.59. The zero-order valence-corrected chi connectivity index (χ0v) is 14.8. The van der Waals surface area contributed by atoms with E-state index in [1.807, 2.05) is 4.90 Å². The predicted molar refractivity (Wildman–Crippen MR) is 95.8 cm³/mol. The highest BCUT2D eigenvalue weighted by molar-refractivity contribution is 5.94. The number of rotatable bonds is 5. The fraction of sp³-hybridized carbons (Fsp3) is 0.368. The van der Waals surface area contributed by atoms with Gasteiger partial charge in [-0.2, -0.15) is 0 Å². The fourth-order valence-corrected chi connectivity index (χ4v) is 2.93. The average molecular weight is 354 g/mol. The molecule has 0 atom stereocenters. The highest BCUT2D eigenvalue weighted by Crippen LogP contribution is 2.14. The topological polar surface area (TPSA) is 75.6 Å². The van der Waals surface area contributed by atoms with E-state index in [1.165, 1.54) is 0 Å². The van der Waals surface area contributed by atoms with Crippen molar-refractivity contribution in [3.63, 3.8) is 0 Å². The molecule has 1 aromatic carbocycles. The summed E-state index contributed by atoms with van der Waals surface area (Å²) in [6, 6.07) is 7.08. The molecule has 0 N–H and O–H groups in total. The van der Waals surface area contributed by atoms with Crippen LogP contribution in [0.2, 0.25) is 0 Å². The molecule has 2 amide bonds. The molecular formula is C19H22N4O3. The van der Waals surface area contributed by atoms with Gasteiger partial charge in [0.25, 0.3) is 5.91 Å². The van der Waals surface area contributed by atoms with Crippen molar-refractivity contribution >= 4 is 11.8 Å². The Labute approximate surface area is 152 Å². The molecular weight excluding hydrogens is 332 g/mol. The summed E-state index contributed by atoms with van der Waals surface area (Å²) in [5.41, 5.74) is 1.45. The molecule has 3 rings (SSSR count). The van der Waals surface area contributed by atoms with E-state index < -0.39 is 0 Å². The van der Waals surface area contributed by atoms with Crippen LogP contribution in [0.5, 0.6) is 5.75 Å². The van der Waals surface area contributed by atoms with Gasteiger partial charge in [-0.1, -0.05) is 0 Å². The highest BCUT2D eigenvalue weighted by Gasteiger charge is 2.24. The molecule has 1 saturated heterocycles. The monoisotopic (exact) mass is 354 g/mol. The lowest BCUT2D eigenvalue weighted by Crippen LogP contribution is -2.50. The Morgan fingerprint density at radius 3 is 2.35 bits per heavy atom. The van der Waals surface area contributed by atoms with Crippen LogP contribution >= 0.6 is 0 Å². The Balaban J connectivity index is 1.48. The van der Waals surface area contributed by atoms with E-state index in [9.17, 15) is 9.59 Å². The van der Waals surface area contributed by atoms with Crippen LogP contribution in [0.1, 0.15) is 22.5 Å². The maximum Gasteiger partial charge on any atom is 0.253 e. The SMILES string of the molecule is COc1ccc(C(=O)N2CCN(C(=O)CCc3cnccn3)CC2)cc1. The number of amides is 2. The molecule has 2 heterocycles. The molecule has 0 aliphatic carbocycles. The Kier molecular flexibility index (Phi) is 5.78. The number of methoxy groups -OCH3 is 1.